The van der Waals surface area contributed by atoms with Gasteiger partial charge >= 0.3 is 0 Å². The van der Waals surface area contributed by atoms with E-state index < -0.39 is 0 Å². The first-order chi connectivity index (χ1) is 9.29. The third-order valence-electron chi connectivity index (χ3n) is 5.11. The fourth-order valence-electron chi connectivity index (χ4n) is 3.35. The summed E-state index contributed by atoms with van der Waals surface area (Å²) >= 11 is 0. The number of rotatable bonds is 2. The summed E-state index contributed by atoms with van der Waals surface area (Å²) in [6, 6.07) is 6.14. The molecule has 1 aromatic carbocycles. The van der Waals surface area contributed by atoms with Crippen molar-refractivity contribution in [3.8, 4) is 0 Å². The normalized spacial score (nSPS) is 23.6. The summed E-state index contributed by atoms with van der Waals surface area (Å²) in [5.74, 6) is 1.38. The van der Waals surface area contributed by atoms with E-state index in [9.17, 15) is 4.79 Å². The minimum Gasteiger partial charge on any atom is -0.294 e. The molecule has 1 aliphatic carbocycles. The smallest absolute Gasteiger partial charge is 0.165 e. The van der Waals surface area contributed by atoms with Crippen LogP contribution in [0.2, 0.25) is 0 Å². The molecule has 0 unspecified atom stereocenters. The van der Waals surface area contributed by atoms with Gasteiger partial charge in [-0.15, -0.1) is 0 Å². The zero-order chi connectivity index (χ0) is 14.9. The minimum absolute atomic E-state index is 0.246. The summed E-state index contributed by atoms with van der Waals surface area (Å²) in [4.78, 5) is 12.6. The molecule has 0 bridgehead atoms. The number of hydrogen-bond acceptors (Lipinski definition) is 1. The Labute approximate surface area is 123 Å². The van der Waals surface area contributed by atoms with Gasteiger partial charge in [-0.05, 0) is 68.1 Å². The van der Waals surface area contributed by atoms with Crippen molar-refractivity contribution in [3.05, 3.63) is 34.9 Å². The Kier molecular flexibility index (Phi) is 4.36. The summed E-state index contributed by atoms with van der Waals surface area (Å²) in [5, 5.41) is 0. The predicted molar refractivity (Wildman–Crippen MR) is 85.1 cm³/mol. The van der Waals surface area contributed by atoms with Gasteiger partial charge < -0.3 is 0 Å². The van der Waals surface area contributed by atoms with Gasteiger partial charge in [-0.1, -0.05) is 32.9 Å². The number of ketones is 1. The quantitative estimate of drug-likeness (QED) is 0.664. The second kappa shape index (κ2) is 5.71. The Hall–Kier alpha value is -1.11. The molecule has 0 saturated heterocycles. The highest BCUT2D eigenvalue weighted by atomic mass is 16.1. The van der Waals surface area contributed by atoms with Crippen LogP contribution in [0.5, 0.6) is 0 Å². The van der Waals surface area contributed by atoms with Crippen LogP contribution in [0.3, 0.4) is 0 Å². The predicted octanol–water partition coefficient (Wildman–Crippen LogP) is 5.34. The summed E-state index contributed by atoms with van der Waals surface area (Å²) in [6.07, 6.45) is 4.52. The second-order valence-corrected chi connectivity index (χ2v) is 7.58. The number of benzene rings is 1. The Morgan fingerprint density at radius 1 is 1.00 bits per heavy atom. The van der Waals surface area contributed by atoms with Crippen molar-refractivity contribution in [2.24, 2.45) is 17.3 Å². The Balaban J connectivity index is 2.03. The molecule has 1 heteroatoms. The van der Waals surface area contributed by atoms with E-state index in [1.54, 1.807) is 0 Å². The molecule has 0 N–H and O–H groups in total. The van der Waals surface area contributed by atoms with Crippen LogP contribution < -0.4 is 0 Å². The van der Waals surface area contributed by atoms with Crippen molar-refractivity contribution in [1.29, 1.82) is 0 Å². The van der Waals surface area contributed by atoms with Gasteiger partial charge in [0.25, 0.3) is 0 Å². The number of carbonyl (C=O) groups excluding carboxylic acids is 1. The lowest BCUT2D eigenvalue weighted by atomic mass is 9.68. The van der Waals surface area contributed by atoms with E-state index in [2.05, 4.69) is 46.8 Å². The fraction of sp³-hybridized carbons (Fsp3) is 0.632. The Bertz CT molecular complexity index is 485. The van der Waals surface area contributed by atoms with E-state index in [4.69, 9.17) is 0 Å². The maximum Gasteiger partial charge on any atom is 0.165 e. The molecule has 110 valence electrons. The van der Waals surface area contributed by atoms with E-state index >= 15 is 0 Å². The summed E-state index contributed by atoms with van der Waals surface area (Å²) in [6.45, 7) is 11.1. The average Bonchev–Trinajstić information content (AvgIpc) is 2.40. The van der Waals surface area contributed by atoms with E-state index in [0.29, 0.717) is 11.2 Å². The maximum absolute atomic E-state index is 12.6. The van der Waals surface area contributed by atoms with Gasteiger partial charge in [-0.2, -0.15) is 0 Å². The van der Waals surface area contributed by atoms with Crippen LogP contribution in [0.15, 0.2) is 18.2 Å². The Morgan fingerprint density at radius 3 is 2.10 bits per heavy atom. The van der Waals surface area contributed by atoms with Crippen molar-refractivity contribution in [1.82, 2.24) is 0 Å². The molecule has 1 aromatic rings. The summed E-state index contributed by atoms with van der Waals surface area (Å²) in [7, 11) is 0. The molecule has 0 heterocycles. The zero-order valence-corrected chi connectivity index (χ0v) is 13.6. The van der Waals surface area contributed by atoms with E-state index in [1.807, 2.05) is 6.07 Å². The molecule has 0 aliphatic heterocycles. The topological polar surface area (TPSA) is 17.1 Å². The van der Waals surface area contributed by atoms with Crippen LogP contribution in [0.25, 0.3) is 0 Å². The summed E-state index contributed by atoms with van der Waals surface area (Å²) < 4.78 is 0. The van der Waals surface area contributed by atoms with Crippen molar-refractivity contribution in [2.75, 3.05) is 0 Å². The molecule has 0 aromatic heterocycles. The van der Waals surface area contributed by atoms with Crippen molar-refractivity contribution in [3.63, 3.8) is 0 Å². The first kappa shape index (κ1) is 15.3. The SMILES string of the molecule is Cc1ccc(C(=O)C2CCC(C(C)(C)C)CC2)cc1C. The molecule has 1 fully saturated rings. The lowest BCUT2D eigenvalue weighted by Crippen LogP contribution is -2.28. The van der Waals surface area contributed by atoms with Gasteiger partial charge in [0, 0.05) is 11.5 Å². The molecule has 0 radical (unpaired) electrons. The molecule has 1 aliphatic rings. The zero-order valence-electron chi connectivity index (χ0n) is 13.6. The van der Waals surface area contributed by atoms with Crippen LogP contribution in [0, 0.1) is 31.1 Å². The van der Waals surface area contributed by atoms with Crippen molar-refractivity contribution < 1.29 is 4.79 Å². The van der Waals surface area contributed by atoms with Crippen LogP contribution in [-0.2, 0) is 0 Å². The molecule has 0 spiro atoms. The van der Waals surface area contributed by atoms with Crippen LogP contribution in [0.1, 0.15) is 67.9 Å². The molecule has 2 rings (SSSR count). The van der Waals surface area contributed by atoms with E-state index in [0.717, 1.165) is 24.3 Å². The molecular weight excluding hydrogens is 244 g/mol. The lowest BCUT2D eigenvalue weighted by molar-refractivity contribution is 0.0819. The molecule has 0 atom stereocenters. The molecule has 0 amide bonds. The highest BCUT2D eigenvalue weighted by Gasteiger charge is 2.32. The van der Waals surface area contributed by atoms with Gasteiger partial charge in [0.1, 0.15) is 0 Å². The van der Waals surface area contributed by atoms with Crippen molar-refractivity contribution in [2.45, 2.75) is 60.3 Å². The van der Waals surface area contributed by atoms with Crippen LogP contribution >= 0.6 is 0 Å². The minimum atomic E-state index is 0.246. The average molecular weight is 272 g/mol. The third-order valence-corrected chi connectivity index (χ3v) is 5.11. The monoisotopic (exact) mass is 272 g/mol. The highest BCUT2D eigenvalue weighted by molar-refractivity contribution is 5.98. The maximum atomic E-state index is 12.6. The van der Waals surface area contributed by atoms with Crippen LogP contribution in [-0.4, -0.2) is 5.78 Å². The number of carbonyl (C=O) groups is 1. The van der Waals surface area contributed by atoms with E-state index in [1.165, 1.54) is 24.0 Å². The van der Waals surface area contributed by atoms with Gasteiger partial charge in [0.2, 0.25) is 0 Å². The lowest BCUT2D eigenvalue weighted by Gasteiger charge is -2.36. The number of hydrogen-bond donors (Lipinski definition) is 0. The largest absolute Gasteiger partial charge is 0.294 e. The molecular formula is C19H28O. The highest BCUT2D eigenvalue weighted by Crippen LogP contribution is 2.40. The first-order valence-electron chi connectivity index (χ1n) is 7.90. The molecule has 1 nitrogen and oxygen atoms in total. The van der Waals surface area contributed by atoms with Crippen molar-refractivity contribution >= 4 is 5.78 Å². The first-order valence-corrected chi connectivity index (χ1v) is 7.90. The number of aryl methyl sites for hydroxylation is 2. The fourth-order valence-corrected chi connectivity index (χ4v) is 3.35. The van der Waals surface area contributed by atoms with Gasteiger partial charge in [-0.25, -0.2) is 0 Å². The van der Waals surface area contributed by atoms with Gasteiger partial charge in [-0.3, -0.25) is 4.79 Å². The van der Waals surface area contributed by atoms with E-state index in [-0.39, 0.29) is 5.92 Å². The molecule has 1 saturated carbocycles. The summed E-state index contributed by atoms with van der Waals surface area (Å²) in [5.41, 5.74) is 3.78. The number of Topliss-reactive ketones (excluding diaryl/α,β-unsaturated/α-hetero) is 1. The third kappa shape index (κ3) is 3.31. The van der Waals surface area contributed by atoms with Gasteiger partial charge in [0.15, 0.2) is 5.78 Å². The standard InChI is InChI=1S/C19H28O/c1-13-6-7-16(12-14(13)2)18(20)15-8-10-17(11-9-15)19(3,4)5/h6-7,12,15,17H,8-11H2,1-5H3. The van der Waals surface area contributed by atoms with Gasteiger partial charge in [0.05, 0.1) is 0 Å². The molecule has 20 heavy (non-hydrogen) atoms. The second-order valence-electron chi connectivity index (χ2n) is 7.58. The van der Waals surface area contributed by atoms with Crippen LogP contribution in [0.4, 0.5) is 0 Å². The Morgan fingerprint density at radius 2 is 1.60 bits per heavy atom.